The smallest absolute Gasteiger partial charge is 0.318 e. The van der Waals surface area contributed by atoms with E-state index in [-0.39, 0.29) is 30.2 Å². The van der Waals surface area contributed by atoms with Gasteiger partial charge in [0.25, 0.3) is 5.92 Å². The molecule has 2 aromatic heterocycles. The zero-order valence-electron chi connectivity index (χ0n) is 16.2. The first kappa shape index (κ1) is 18.2. The Labute approximate surface area is 166 Å². The molecule has 0 bridgehead atoms. The highest BCUT2D eigenvalue weighted by Gasteiger charge is 2.53. The second-order valence-electron chi connectivity index (χ2n) is 8.29. The Balaban J connectivity index is 1.46. The zero-order valence-corrected chi connectivity index (χ0v) is 16.2. The van der Waals surface area contributed by atoms with Crippen LogP contribution in [-0.4, -0.2) is 39.4 Å². The number of alkyl halides is 2. The Morgan fingerprint density at radius 2 is 2.03 bits per heavy atom. The van der Waals surface area contributed by atoms with Crippen LogP contribution in [0.15, 0.2) is 18.3 Å². The number of ether oxygens (including phenoxy) is 1. The lowest BCUT2D eigenvalue weighted by molar-refractivity contribution is -0.136. The lowest BCUT2D eigenvalue weighted by atomic mass is 9.91. The summed E-state index contributed by atoms with van der Waals surface area (Å²) >= 11 is 0. The van der Waals surface area contributed by atoms with Crippen LogP contribution in [0.25, 0.3) is 0 Å². The summed E-state index contributed by atoms with van der Waals surface area (Å²) in [5, 5.41) is 2.72. The van der Waals surface area contributed by atoms with Crippen LogP contribution in [-0.2, 0) is 10.2 Å². The predicted octanol–water partition coefficient (Wildman–Crippen LogP) is 3.50. The van der Waals surface area contributed by atoms with E-state index >= 15 is 0 Å². The molecule has 1 aliphatic heterocycles. The lowest BCUT2D eigenvalue weighted by Gasteiger charge is -2.34. The molecule has 0 aromatic carbocycles. The maximum absolute atomic E-state index is 13.1. The molecule has 0 unspecified atom stereocenters. The third kappa shape index (κ3) is 3.28. The number of pyridine rings is 1. The first-order valence-corrected chi connectivity index (χ1v) is 9.69. The molecule has 29 heavy (non-hydrogen) atoms. The fourth-order valence-electron chi connectivity index (χ4n) is 4.14. The van der Waals surface area contributed by atoms with Gasteiger partial charge in [0, 0.05) is 61.3 Å². The van der Waals surface area contributed by atoms with E-state index in [9.17, 15) is 13.6 Å². The van der Waals surface area contributed by atoms with Crippen molar-refractivity contribution in [3.8, 4) is 6.01 Å². The van der Waals surface area contributed by atoms with Crippen molar-refractivity contribution in [3.05, 3.63) is 29.6 Å². The monoisotopic (exact) mass is 401 g/mol. The van der Waals surface area contributed by atoms with Gasteiger partial charge in [-0.2, -0.15) is 4.98 Å². The number of amides is 1. The number of rotatable bonds is 4. The standard InChI is InChI=1S/C20H21F2N5O2/c1-11-5-17(26-18(24-11)29-13-7-20(21,22)8-13)27-10-19(3-4-19)14-9-23-16(6-15(14)27)25-12(2)28/h5-6,9,13H,3-4,7-8,10H2,1-2H3,(H,23,25,28). The normalized spacial score (nSPS) is 20.9. The van der Waals surface area contributed by atoms with Gasteiger partial charge in [-0.05, 0) is 19.8 Å². The van der Waals surface area contributed by atoms with Crippen LogP contribution in [0.1, 0.15) is 43.9 Å². The number of hydrogen-bond donors (Lipinski definition) is 1. The molecule has 0 radical (unpaired) electrons. The first-order valence-electron chi connectivity index (χ1n) is 9.69. The van der Waals surface area contributed by atoms with Crippen LogP contribution < -0.4 is 15.0 Å². The topological polar surface area (TPSA) is 80.2 Å². The third-order valence-electron chi connectivity index (χ3n) is 5.78. The van der Waals surface area contributed by atoms with E-state index in [1.807, 2.05) is 25.3 Å². The molecule has 2 aromatic rings. The maximum Gasteiger partial charge on any atom is 0.318 e. The Kier molecular flexibility index (Phi) is 3.81. The van der Waals surface area contributed by atoms with Gasteiger partial charge < -0.3 is 15.0 Å². The lowest BCUT2D eigenvalue weighted by Crippen LogP contribution is -2.43. The SMILES string of the molecule is CC(=O)Nc1cc2c(cn1)C1(CC1)CN2c1cc(C)nc(OC2CC(F)(F)C2)n1. The van der Waals surface area contributed by atoms with Crippen molar-refractivity contribution < 1.29 is 18.3 Å². The Bertz CT molecular complexity index is 1000. The number of hydrogen-bond acceptors (Lipinski definition) is 6. The molecule has 3 aliphatic rings. The molecule has 2 fully saturated rings. The molecule has 3 heterocycles. The fraction of sp³-hybridized carbons (Fsp3) is 0.500. The first-order chi connectivity index (χ1) is 13.7. The number of nitrogens with zero attached hydrogens (tertiary/aromatic N) is 4. The van der Waals surface area contributed by atoms with Gasteiger partial charge >= 0.3 is 6.01 Å². The summed E-state index contributed by atoms with van der Waals surface area (Å²) in [6.45, 7) is 4.02. The summed E-state index contributed by atoms with van der Waals surface area (Å²) in [5.41, 5.74) is 2.85. The molecule has 1 amide bonds. The van der Waals surface area contributed by atoms with Crippen molar-refractivity contribution in [2.24, 2.45) is 0 Å². The molecule has 2 aliphatic carbocycles. The summed E-state index contributed by atoms with van der Waals surface area (Å²) in [7, 11) is 0. The minimum Gasteiger partial charge on any atom is -0.460 e. The summed E-state index contributed by atoms with van der Waals surface area (Å²) in [6.07, 6.45) is 2.80. The Morgan fingerprint density at radius 1 is 1.28 bits per heavy atom. The number of fused-ring (bicyclic) bond motifs is 2. The molecule has 1 N–H and O–H groups in total. The van der Waals surface area contributed by atoms with Crippen LogP contribution in [0.3, 0.4) is 0 Å². The van der Waals surface area contributed by atoms with Crippen molar-refractivity contribution in [1.29, 1.82) is 0 Å². The van der Waals surface area contributed by atoms with Crippen molar-refractivity contribution in [3.63, 3.8) is 0 Å². The van der Waals surface area contributed by atoms with Crippen LogP contribution >= 0.6 is 0 Å². The fourth-order valence-corrected chi connectivity index (χ4v) is 4.14. The van der Waals surface area contributed by atoms with E-state index in [1.165, 1.54) is 6.92 Å². The van der Waals surface area contributed by atoms with E-state index in [2.05, 4.69) is 25.2 Å². The number of carbonyl (C=O) groups excluding carboxylic acids is 1. The van der Waals surface area contributed by atoms with Crippen LogP contribution in [0.2, 0.25) is 0 Å². The number of carbonyl (C=O) groups is 1. The van der Waals surface area contributed by atoms with E-state index < -0.39 is 12.0 Å². The zero-order chi connectivity index (χ0) is 20.4. The number of halogens is 2. The number of aryl methyl sites for hydroxylation is 1. The van der Waals surface area contributed by atoms with Crippen molar-refractivity contribution in [2.45, 2.75) is 57.0 Å². The average molecular weight is 401 g/mol. The molecule has 9 heteroatoms. The van der Waals surface area contributed by atoms with Gasteiger partial charge in [0.1, 0.15) is 17.7 Å². The van der Waals surface area contributed by atoms with Gasteiger partial charge in [-0.15, -0.1) is 0 Å². The summed E-state index contributed by atoms with van der Waals surface area (Å²) in [5.74, 6) is -1.70. The highest BCUT2D eigenvalue weighted by molar-refractivity contribution is 5.89. The molecule has 152 valence electrons. The molecular weight excluding hydrogens is 380 g/mol. The maximum atomic E-state index is 13.1. The van der Waals surface area contributed by atoms with E-state index in [0.29, 0.717) is 17.3 Å². The molecule has 0 saturated heterocycles. The second kappa shape index (κ2) is 6.08. The van der Waals surface area contributed by atoms with Gasteiger partial charge in [0.15, 0.2) is 0 Å². The van der Waals surface area contributed by atoms with Gasteiger partial charge in [-0.3, -0.25) is 4.79 Å². The quantitative estimate of drug-likeness (QED) is 0.845. The van der Waals surface area contributed by atoms with Gasteiger partial charge in [0.05, 0.1) is 5.69 Å². The number of anilines is 3. The largest absolute Gasteiger partial charge is 0.460 e. The Hall–Kier alpha value is -2.84. The van der Waals surface area contributed by atoms with Gasteiger partial charge in [0.2, 0.25) is 5.91 Å². The predicted molar refractivity (Wildman–Crippen MR) is 102 cm³/mol. The molecule has 1 spiro atoms. The summed E-state index contributed by atoms with van der Waals surface area (Å²) in [4.78, 5) is 26.6. The van der Waals surface area contributed by atoms with Gasteiger partial charge in [-0.1, -0.05) is 0 Å². The van der Waals surface area contributed by atoms with E-state index in [1.54, 1.807) is 0 Å². The summed E-state index contributed by atoms with van der Waals surface area (Å²) in [6, 6.07) is 3.83. The molecule has 2 saturated carbocycles. The number of nitrogens with one attached hydrogen (secondary N) is 1. The van der Waals surface area contributed by atoms with E-state index in [0.717, 1.165) is 30.6 Å². The van der Waals surface area contributed by atoms with Crippen LogP contribution in [0.5, 0.6) is 6.01 Å². The molecule has 5 rings (SSSR count). The number of aromatic nitrogens is 3. The average Bonchev–Trinajstić information content (AvgIpc) is 3.30. The second-order valence-corrected chi connectivity index (χ2v) is 8.29. The van der Waals surface area contributed by atoms with Crippen molar-refractivity contribution in [1.82, 2.24) is 15.0 Å². The molecule has 0 atom stereocenters. The van der Waals surface area contributed by atoms with Gasteiger partial charge in [-0.25, -0.2) is 18.7 Å². The molecule has 7 nitrogen and oxygen atoms in total. The summed E-state index contributed by atoms with van der Waals surface area (Å²) < 4.78 is 31.8. The minimum atomic E-state index is -2.66. The van der Waals surface area contributed by atoms with E-state index in [4.69, 9.17) is 4.74 Å². The minimum absolute atomic E-state index is 0.0625. The van der Waals surface area contributed by atoms with Crippen molar-refractivity contribution in [2.75, 3.05) is 16.8 Å². The van der Waals surface area contributed by atoms with Crippen LogP contribution in [0.4, 0.5) is 26.1 Å². The van der Waals surface area contributed by atoms with Crippen LogP contribution in [0, 0.1) is 6.92 Å². The third-order valence-corrected chi connectivity index (χ3v) is 5.78. The van der Waals surface area contributed by atoms with Crippen molar-refractivity contribution >= 4 is 23.2 Å². The molecular formula is C20H21F2N5O2. The Morgan fingerprint density at radius 3 is 2.69 bits per heavy atom. The highest BCUT2D eigenvalue weighted by Crippen LogP contribution is 2.58. The highest BCUT2D eigenvalue weighted by atomic mass is 19.3.